The van der Waals surface area contributed by atoms with Gasteiger partial charge in [-0.15, -0.1) is 11.8 Å². The molecule has 2 nitrogen and oxygen atoms in total. The van der Waals surface area contributed by atoms with E-state index in [4.69, 9.17) is 22.1 Å². The fourth-order valence-corrected chi connectivity index (χ4v) is 2.70. The summed E-state index contributed by atoms with van der Waals surface area (Å²) in [6.45, 7) is 0. The van der Waals surface area contributed by atoms with Gasteiger partial charge in [-0.05, 0) is 35.9 Å². The Kier molecular flexibility index (Phi) is 4.56. The third-order valence-corrected chi connectivity index (χ3v) is 4.03. The Morgan fingerprint density at radius 1 is 1.26 bits per heavy atom. The predicted octanol–water partition coefficient (Wildman–Crippen LogP) is 4.36. The van der Waals surface area contributed by atoms with Crippen LogP contribution in [0.15, 0.2) is 41.3 Å². The first-order valence-corrected chi connectivity index (χ1v) is 6.96. The van der Waals surface area contributed by atoms with E-state index in [1.807, 2.05) is 12.1 Å². The summed E-state index contributed by atoms with van der Waals surface area (Å²) in [5.74, 6) is 1.02. The third kappa shape index (κ3) is 3.55. The minimum absolute atomic E-state index is 0.136. The van der Waals surface area contributed by atoms with E-state index < -0.39 is 5.82 Å². The number of anilines is 1. The molecule has 0 spiro atoms. The second-order valence-corrected chi connectivity index (χ2v) is 5.37. The number of thioether (sulfide) groups is 1. The van der Waals surface area contributed by atoms with E-state index in [1.165, 1.54) is 6.07 Å². The number of nitrogens with two attached hydrogens (primary N) is 1. The molecule has 0 amide bonds. The van der Waals surface area contributed by atoms with Gasteiger partial charge in [0.15, 0.2) is 0 Å². The average molecular weight is 298 g/mol. The average Bonchev–Trinajstić information content (AvgIpc) is 2.41. The molecule has 2 aromatic carbocycles. The van der Waals surface area contributed by atoms with E-state index in [2.05, 4.69) is 0 Å². The Morgan fingerprint density at radius 3 is 2.74 bits per heavy atom. The van der Waals surface area contributed by atoms with Crippen molar-refractivity contribution in [1.29, 1.82) is 0 Å². The number of halogens is 2. The monoisotopic (exact) mass is 297 g/mol. The maximum Gasteiger partial charge on any atom is 0.141 e. The summed E-state index contributed by atoms with van der Waals surface area (Å²) >= 11 is 7.30. The van der Waals surface area contributed by atoms with Crippen molar-refractivity contribution in [2.45, 2.75) is 10.6 Å². The molecule has 2 N–H and O–H groups in total. The summed E-state index contributed by atoms with van der Waals surface area (Å²) in [7, 11) is 1.61. The fraction of sp³-hybridized carbons (Fsp3) is 0.143. The molecule has 0 aliphatic heterocycles. The van der Waals surface area contributed by atoms with Gasteiger partial charge < -0.3 is 10.5 Å². The molecule has 2 rings (SSSR count). The van der Waals surface area contributed by atoms with Crippen molar-refractivity contribution in [1.82, 2.24) is 0 Å². The smallest absolute Gasteiger partial charge is 0.141 e. The van der Waals surface area contributed by atoms with Crippen molar-refractivity contribution in [3.8, 4) is 5.75 Å². The van der Waals surface area contributed by atoms with E-state index in [1.54, 1.807) is 37.1 Å². The van der Waals surface area contributed by atoms with Crippen LogP contribution in [-0.4, -0.2) is 7.11 Å². The zero-order chi connectivity index (χ0) is 13.8. The zero-order valence-electron chi connectivity index (χ0n) is 10.3. The molecule has 0 aromatic heterocycles. The summed E-state index contributed by atoms with van der Waals surface area (Å²) in [6.07, 6.45) is 0. The summed E-state index contributed by atoms with van der Waals surface area (Å²) in [6, 6.07) is 10.2. The second kappa shape index (κ2) is 6.17. The molecule has 0 unspecified atom stereocenters. The Balaban J connectivity index is 2.11. The number of hydrogen-bond donors (Lipinski definition) is 1. The van der Waals surface area contributed by atoms with Crippen molar-refractivity contribution in [2.24, 2.45) is 0 Å². The molecule has 0 heterocycles. The number of rotatable bonds is 4. The van der Waals surface area contributed by atoms with Gasteiger partial charge in [0.25, 0.3) is 0 Å². The van der Waals surface area contributed by atoms with Gasteiger partial charge in [0, 0.05) is 16.3 Å². The quantitative estimate of drug-likeness (QED) is 0.672. The van der Waals surface area contributed by atoms with Crippen LogP contribution in [0.5, 0.6) is 5.75 Å². The van der Waals surface area contributed by atoms with Gasteiger partial charge in [-0.25, -0.2) is 4.39 Å². The molecule has 0 aliphatic rings. The lowest BCUT2D eigenvalue weighted by Crippen LogP contribution is -1.91. The van der Waals surface area contributed by atoms with Gasteiger partial charge in [0.1, 0.15) is 11.6 Å². The molecule has 0 atom stereocenters. The zero-order valence-corrected chi connectivity index (χ0v) is 11.9. The van der Waals surface area contributed by atoms with Gasteiger partial charge in [-0.3, -0.25) is 0 Å². The highest BCUT2D eigenvalue weighted by Crippen LogP contribution is 2.32. The number of methoxy groups -OCH3 is 1. The van der Waals surface area contributed by atoms with Crippen molar-refractivity contribution in [2.75, 3.05) is 12.8 Å². The highest BCUT2D eigenvalue weighted by molar-refractivity contribution is 7.98. The molecule has 2 aromatic rings. The van der Waals surface area contributed by atoms with Crippen molar-refractivity contribution < 1.29 is 9.13 Å². The Morgan fingerprint density at radius 2 is 2.05 bits per heavy atom. The molecule has 0 saturated carbocycles. The molecule has 0 bridgehead atoms. The lowest BCUT2D eigenvalue weighted by Gasteiger charge is -2.08. The number of benzene rings is 2. The summed E-state index contributed by atoms with van der Waals surface area (Å²) in [5.41, 5.74) is 7.54. The lowest BCUT2D eigenvalue weighted by molar-refractivity contribution is 0.414. The molecule has 0 radical (unpaired) electrons. The van der Waals surface area contributed by atoms with Gasteiger partial charge in [-0.2, -0.15) is 0 Å². The van der Waals surface area contributed by atoms with E-state index in [0.717, 1.165) is 16.2 Å². The summed E-state index contributed by atoms with van der Waals surface area (Å²) < 4.78 is 18.2. The van der Waals surface area contributed by atoms with Gasteiger partial charge in [0.05, 0.1) is 12.1 Å². The van der Waals surface area contributed by atoms with Crippen LogP contribution in [0.1, 0.15) is 5.56 Å². The van der Waals surface area contributed by atoms with E-state index >= 15 is 0 Å². The number of hydrogen-bond acceptors (Lipinski definition) is 3. The molecule has 19 heavy (non-hydrogen) atoms. The number of nitrogen functional groups attached to an aromatic ring is 1. The highest BCUT2D eigenvalue weighted by Gasteiger charge is 2.05. The van der Waals surface area contributed by atoms with Gasteiger partial charge in [-0.1, -0.05) is 17.7 Å². The first kappa shape index (κ1) is 14.0. The maximum absolute atomic E-state index is 13.0. The Labute approximate surface area is 120 Å². The van der Waals surface area contributed by atoms with Crippen molar-refractivity contribution in [3.05, 3.63) is 52.8 Å². The van der Waals surface area contributed by atoms with Crippen LogP contribution >= 0.6 is 23.4 Å². The summed E-state index contributed by atoms with van der Waals surface area (Å²) in [4.78, 5) is 0.930. The Hall–Kier alpha value is -1.39. The van der Waals surface area contributed by atoms with Crippen molar-refractivity contribution in [3.63, 3.8) is 0 Å². The largest absolute Gasteiger partial charge is 0.497 e. The number of ether oxygens (including phenoxy) is 1. The lowest BCUT2D eigenvalue weighted by atomic mass is 10.2. The van der Waals surface area contributed by atoms with Crippen LogP contribution in [-0.2, 0) is 5.75 Å². The Bertz CT molecular complexity index is 592. The molecule has 5 heteroatoms. The van der Waals surface area contributed by atoms with Crippen LogP contribution in [0, 0.1) is 5.82 Å². The molecular weight excluding hydrogens is 285 g/mol. The van der Waals surface area contributed by atoms with Crippen LogP contribution in [0.2, 0.25) is 5.02 Å². The second-order valence-electron chi connectivity index (χ2n) is 3.94. The minimum atomic E-state index is -0.406. The van der Waals surface area contributed by atoms with Gasteiger partial charge >= 0.3 is 0 Å². The van der Waals surface area contributed by atoms with Crippen LogP contribution in [0.3, 0.4) is 0 Å². The molecular formula is C14H13ClFNOS. The van der Waals surface area contributed by atoms with Gasteiger partial charge in [0.2, 0.25) is 0 Å². The normalized spacial score (nSPS) is 10.5. The first-order chi connectivity index (χ1) is 9.10. The standard InChI is InChI=1S/C14H13ClFNOS/c1-18-10-3-5-13(17)14(7-10)19-8-9-2-4-12(16)11(15)6-9/h2-7H,8,17H2,1H3. The van der Waals surface area contributed by atoms with E-state index in [-0.39, 0.29) is 5.02 Å². The fourth-order valence-electron chi connectivity index (χ4n) is 1.56. The van der Waals surface area contributed by atoms with Crippen molar-refractivity contribution >= 4 is 29.1 Å². The molecule has 0 fully saturated rings. The topological polar surface area (TPSA) is 35.2 Å². The van der Waals surface area contributed by atoms with E-state index in [9.17, 15) is 4.39 Å². The molecule has 0 aliphatic carbocycles. The highest BCUT2D eigenvalue weighted by atomic mass is 35.5. The maximum atomic E-state index is 13.0. The van der Waals surface area contributed by atoms with Crippen LogP contribution in [0.25, 0.3) is 0 Å². The summed E-state index contributed by atoms with van der Waals surface area (Å²) in [5, 5.41) is 0.136. The molecule has 0 saturated heterocycles. The first-order valence-electron chi connectivity index (χ1n) is 5.60. The van der Waals surface area contributed by atoms with E-state index in [0.29, 0.717) is 11.4 Å². The van der Waals surface area contributed by atoms with Crippen LogP contribution < -0.4 is 10.5 Å². The SMILES string of the molecule is COc1ccc(N)c(SCc2ccc(F)c(Cl)c2)c1. The molecule has 100 valence electrons. The van der Waals surface area contributed by atoms with Crippen LogP contribution in [0.4, 0.5) is 10.1 Å². The third-order valence-electron chi connectivity index (χ3n) is 2.60. The minimum Gasteiger partial charge on any atom is -0.497 e. The predicted molar refractivity (Wildman–Crippen MR) is 78.4 cm³/mol.